The summed E-state index contributed by atoms with van der Waals surface area (Å²) in [5.41, 5.74) is 4.47. The molecule has 0 amide bonds. The molecule has 0 aliphatic rings. The lowest BCUT2D eigenvalue weighted by Gasteiger charge is -2.11. The van der Waals surface area contributed by atoms with E-state index < -0.39 is 6.10 Å². The number of ether oxygens (including phenoxy) is 1. The number of nitrogens with one attached hydrogen (secondary N) is 1. The predicted molar refractivity (Wildman–Crippen MR) is 99.6 cm³/mol. The van der Waals surface area contributed by atoms with Crippen molar-refractivity contribution in [2.24, 2.45) is 0 Å². The molecule has 0 spiro atoms. The second-order valence-electron chi connectivity index (χ2n) is 6.22. The summed E-state index contributed by atoms with van der Waals surface area (Å²) < 4.78 is 7.34. The molecule has 0 saturated carbocycles. The van der Waals surface area contributed by atoms with Gasteiger partial charge in [0.1, 0.15) is 17.7 Å². The van der Waals surface area contributed by atoms with Gasteiger partial charge >= 0.3 is 0 Å². The molecule has 3 heterocycles. The number of hydrogen-bond acceptors (Lipinski definition) is 4. The third-order valence-corrected chi connectivity index (χ3v) is 4.57. The molecule has 26 heavy (non-hydrogen) atoms. The highest BCUT2D eigenvalue weighted by molar-refractivity contribution is 5.77. The summed E-state index contributed by atoms with van der Waals surface area (Å²) >= 11 is 0. The van der Waals surface area contributed by atoms with Crippen LogP contribution in [0.15, 0.2) is 55.0 Å². The number of hydrogen-bond donors (Lipinski definition) is 2. The fourth-order valence-corrected chi connectivity index (χ4v) is 3.10. The molecule has 0 saturated heterocycles. The summed E-state index contributed by atoms with van der Waals surface area (Å²) in [6.45, 7) is 1.94. The Hall–Kier alpha value is -3.12. The van der Waals surface area contributed by atoms with Crippen LogP contribution < -0.4 is 4.74 Å². The van der Waals surface area contributed by atoms with Crippen molar-refractivity contribution in [3.63, 3.8) is 0 Å². The Morgan fingerprint density at radius 3 is 2.81 bits per heavy atom. The lowest BCUT2D eigenvalue weighted by molar-refractivity contribution is 0.168. The van der Waals surface area contributed by atoms with Crippen LogP contribution >= 0.6 is 0 Å². The van der Waals surface area contributed by atoms with Gasteiger partial charge in [-0.05, 0) is 43.3 Å². The zero-order valence-corrected chi connectivity index (χ0v) is 14.7. The molecule has 4 aromatic rings. The molecular formula is C20H20N4O2. The first-order valence-corrected chi connectivity index (χ1v) is 8.45. The molecule has 0 aliphatic heterocycles. The van der Waals surface area contributed by atoms with Crippen molar-refractivity contribution in [3.05, 3.63) is 72.1 Å². The van der Waals surface area contributed by atoms with Crippen LogP contribution in [0.4, 0.5) is 0 Å². The van der Waals surface area contributed by atoms with Gasteiger partial charge < -0.3 is 19.4 Å². The number of H-pyrrole nitrogens is 1. The summed E-state index contributed by atoms with van der Waals surface area (Å²) in [5.74, 6) is 1.30. The normalized spacial score (nSPS) is 12.4. The van der Waals surface area contributed by atoms with E-state index in [1.54, 1.807) is 13.3 Å². The van der Waals surface area contributed by atoms with Gasteiger partial charge in [0.25, 0.3) is 0 Å². The molecule has 6 nitrogen and oxygen atoms in total. The lowest BCUT2D eigenvalue weighted by atomic mass is 10.1. The highest BCUT2D eigenvalue weighted by Crippen LogP contribution is 2.25. The SMILES string of the molecule is COc1ccnc(CC(O)c2nc3cc(-n4cccc4)ccc3[nH]2)c1C. The van der Waals surface area contributed by atoms with E-state index in [0.29, 0.717) is 12.2 Å². The highest BCUT2D eigenvalue weighted by Gasteiger charge is 2.17. The largest absolute Gasteiger partial charge is 0.496 e. The molecule has 3 aromatic heterocycles. The van der Waals surface area contributed by atoms with Crippen LogP contribution in [0.2, 0.25) is 0 Å². The average molecular weight is 348 g/mol. The monoisotopic (exact) mass is 348 g/mol. The molecule has 0 aliphatic carbocycles. The Morgan fingerprint density at radius 2 is 2.04 bits per heavy atom. The third-order valence-electron chi connectivity index (χ3n) is 4.57. The van der Waals surface area contributed by atoms with Gasteiger partial charge in [0, 0.05) is 42.0 Å². The van der Waals surface area contributed by atoms with Gasteiger partial charge in [0.05, 0.1) is 18.1 Å². The zero-order valence-electron chi connectivity index (χ0n) is 14.7. The minimum atomic E-state index is -0.768. The summed E-state index contributed by atoms with van der Waals surface area (Å²) in [6, 6.07) is 11.8. The molecule has 6 heteroatoms. The standard InChI is InChI=1S/C20H20N4O2/c1-13-16(21-8-7-19(13)26-2)12-18(25)20-22-15-6-5-14(11-17(15)23-20)24-9-3-4-10-24/h3-11,18,25H,12H2,1-2H3,(H,22,23). The van der Waals surface area contributed by atoms with Gasteiger partial charge in [-0.1, -0.05) is 0 Å². The number of aliphatic hydroxyl groups excluding tert-OH is 1. The molecule has 0 bridgehead atoms. The Bertz CT molecular complexity index is 1040. The van der Waals surface area contributed by atoms with Crippen molar-refractivity contribution in [2.45, 2.75) is 19.4 Å². The van der Waals surface area contributed by atoms with Crippen molar-refractivity contribution in [1.29, 1.82) is 0 Å². The second kappa shape index (κ2) is 6.65. The Morgan fingerprint density at radius 1 is 1.23 bits per heavy atom. The topological polar surface area (TPSA) is 76.0 Å². The molecule has 4 rings (SSSR count). The predicted octanol–water partition coefficient (Wildman–Crippen LogP) is 3.34. The van der Waals surface area contributed by atoms with Gasteiger partial charge in [0.2, 0.25) is 0 Å². The van der Waals surface area contributed by atoms with E-state index in [1.165, 1.54) is 0 Å². The Kier molecular flexibility index (Phi) is 4.18. The van der Waals surface area contributed by atoms with E-state index in [2.05, 4.69) is 15.0 Å². The maximum atomic E-state index is 10.6. The first kappa shape index (κ1) is 16.4. The Labute approximate surface area is 151 Å². The lowest BCUT2D eigenvalue weighted by Crippen LogP contribution is -2.07. The fourth-order valence-electron chi connectivity index (χ4n) is 3.10. The van der Waals surface area contributed by atoms with Crippen LogP contribution in [0.1, 0.15) is 23.2 Å². The zero-order chi connectivity index (χ0) is 18.1. The number of rotatable bonds is 5. The van der Waals surface area contributed by atoms with E-state index in [-0.39, 0.29) is 0 Å². The average Bonchev–Trinajstić information content (AvgIpc) is 3.32. The van der Waals surface area contributed by atoms with Gasteiger partial charge in [-0.25, -0.2) is 4.98 Å². The number of aromatic amines is 1. The molecule has 2 N–H and O–H groups in total. The van der Waals surface area contributed by atoms with Crippen molar-refractivity contribution in [1.82, 2.24) is 19.5 Å². The molecule has 1 atom stereocenters. The Balaban J connectivity index is 1.62. The maximum absolute atomic E-state index is 10.6. The van der Waals surface area contributed by atoms with Gasteiger partial charge in [0.15, 0.2) is 0 Å². The maximum Gasteiger partial charge on any atom is 0.136 e. The minimum absolute atomic E-state index is 0.368. The van der Waals surface area contributed by atoms with Crippen LogP contribution in [0.5, 0.6) is 5.75 Å². The van der Waals surface area contributed by atoms with E-state index in [9.17, 15) is 5.11 Å². The first-order chi connectivity index (χ1) is 12.7. The van der Waals surface area contributed by atoms with E-state index in [4.69, 9.17) is 4.74 Å². The second-order valence-corrected chi connectivity index (χ2v) is 6.22. The van der Waals surface area contributed by atoms with E-state index in [0.717, 1.165) is 33.7 Å². The summed E-state index contributed by atoms with van der Waals surface area (Å²) in [7, 11) is 1.63. The number of imidazole rings is 1. The smallest absolute Gasteiger partial charge is 0.136 e. The number of benzene rings is 1. The van der Waals surface area contributed by atoms with Crippen molar-refractivity contribution >= 4 is 11.0 Å². The van der Waals surface area contributed by atoms with Gasteiger partial charge in [-0.3, -0.25) is 4.98 Å². The van der Waals surface area contributed by atoms with Crippen LogP contribution in [0.3, 0.4) is 0 Å². The number of methoxy groups -OCH3 is 1. The molecule has 132 valence electrons. The summed E-state index contributed by atoms with van der Waals surface area (Å²) in [5, 5.41) is 10.6. The van der Waals surface area contributed by atoms with Crippen LogP contribution in [-0.2, 0) is 6.42 Å². The van der Waals surface area contributed by atoms with Gasteiger partial charge in [-0.2, -0.15) is 0 Å². The van der Waals surface area contributed by atoms with Gasteiger partial charge in [-0.15, -0.1) is 0 Å². The van der Waals surface area contributed by atoms with E-state index in [1.807, 2.05) is 60.3 Å². The molecule has 0 fully saturated rings. The number of aromatic nitrogens is 4. The highest BCUT2D eigenvalue weighted by atomic mass is 16.5. The number of nitrogens with zero attached hydrogens (tertiary/aromatic N) is 3. The fraction of sp³-hybridized carbons (Fsp3) is 0.200. The number of aliphatic hydroxyl groups is 1. The van der Waals surface area contributed by atoms with Crippen molar-refractivity contribution in [3.8, 4) is 11.4 Å². The van der Waals surface area contributed by atoms with Crippen LogP contribution in [0, 0.1) is 6.92 Å². The summed E-state index contributed by atoms with van der Waals surface area (Å²) in [4.78, 5) is 12.1. The number of pyridine rings is 1. The molecule has 1 aromatic carbocycles. The van der Waals surface area contributed by atoms with Crippen molar-refractivity contribution in [2.75, 3.05) is 7.11 Å². The van der Waals surface area contributed by atoms with Crippen LogP contribution in [0.25, 0.3) is 16.7 Å². The summed E-state index contributed by atoms with van der Waals surface area (Å²) in [6.07, 6.45) is 5.26. The molecular weight excluding hydrogens is 328 g/mol. The third kappa shape index (κ3) is 2.95. The molecule has 0 radical (unpaired) electrons. The number of fused-ring (bicyclic) bond motifs is 1. The minimum Gasteiger partial charge on any atom is -0.496 e. The molecule has 1 unspecified atom stereocenters. The van der Waals surface area contributed by atoms with Crippen molar-refractivity contribution < 1.29 is 9.84 Å². The first-order valence-electron chi connectivity index (χ1n) is 8.45. The van der Waals surface area contributed by atoms with E-state index >= 15 is 0 Å². The quantitative estimate of drug-likeness (QED) is 0.580. The van der Waals surface area contributed by atoms with Crippen LogP contribution in [-0.4, -0.2) is 31.7 Å².